The lowest BCUT2D eigenvalue weighted by Gasteiger charge is -2.13. The van der Waals surface area contributed by atoms with Crippen LogP contribution in [0.1, 0.15) is 40.7 Å². The van der Waals surface area contributed by atoms with Gasteiger partial charge in [-0.15, -0.1) is 0 Å². The highest BCUT2D eigenvalue weighted by Gasteiger charge is 2.14. The number of hydrogen-bond donors (Lipinski definition) is 2. The fourth-order valence-electron chi connectivity index (χ4n) is 2.47. The van der Waals surface area contributed by atoms with Gasteiger partial charge in [0.05, 0.1) is 11.3 Å². The summed E-state index contributed by atoms with van der Waals surface area (Å²) in [4.78, 5) is 35.0. The van der Waals surface area contributed by atoms with Crippen LogP contribution in [0.4, 0.5) is 11.4 Å². The molecule has 0 saturated carbocycles. The van der Waals surface area contributed by atoms with Crippen LogP contribution in [0.2, 0.25) is 0 Å². The number of hydrogen-bond acceptors (Lipinski definition) is 4. The van der Waals surface area contributed by atoms with E-state index < -0.39 is 5.97 Å². The SMILES string of the molecule is Cc1cccc(NC(=O)c2ccccc2NC(=O)CCCC(=O)[O-])c1C. The number of benzene rings is 2. The highest BCUT2D eigenvalue weighted by molar-refractivity contribution is 6.10. The third kappa shape index (κ3) is 5.17. The van der Waals surface area contributed by atoms with Gasteiger partial charge in [-0.2, -0.15) is 0 Å². The lowest BCUT2D eigenvalue weighted by atomic mass is 10.1. The second kappa shape index (κ2) is 8.80. The molecule has 0 radical (unpaired) electrons. The average molecular weight is 353 g/mol. The molecule has 2 rings (SSSR count). The molecule has 0 aliphatic rings. The maximum absolute atomic E-state index is 12.6. The Balaban J connectivity index is 2.10. The third-order valence-electron chi connectivity index (χ3n) is 4.08. The van der Waals surface area contributed by atoms with Crippen molar-refractivity contribution < 1.29 is 19.5 Å². The Morgan fingerprint density at radius 3 is 2.31 bits per heavy atom. The van der Waals surface area contributed by atoms with Gasteiger partial charge in [-0.25, -0.2) is 0 Å². The molecule has 2 amide bonds. The zero-order valence-corrected chi connectivity index (χ0v) is 14.8. The number of anilines is 2. The Bertz CT molecular complexity index is 830. The predicted molar refractivity (Wildman–Crippen MR) is 97.8 cm³/mol. The Morgan fingerprint density at radius 1 is 0.885 bits per heavy atom. The van der Waals surface area contributed by atoms with E-state index in [1.165, 1.54) is 0 Å². The van der Waals surface area contributed by atoms with E-state index in [9.17, 15) is 19.5 Å². The smallest absolute Gasteiger partial charge is 0.257 e. The Morgan fingerprint density at radius 2 is 1.58 bits per heavy atom. The summed E-state index contributed by atoms with van der Waals surface area (Å²) in [5, 5.41) is 15.9. The van der Waals surface area contributed by atoms with Crippen LogP contribution in [0.25, 0.3) is 0 Å². The zero-order chi connectivity index (χ0) is 19.1. The molecule has 0 aromatic heterocycles. The van der Waals surface area contributed by atoms with Gasteiger partial charge in [0.2, 0.25) is 5.91 Å². The number of para-hydroxylation sites is 1. The number of carboxylic acids is 1. The van der Waals surface area contributed by atoms with Crippen LogP contribution >= 0.6 is 0 Å². The Hall–Kier alpha value is -3.15. The minimum Gasteiger partial charge on any atom is -0.550 e. The molecule has 136 valence electrons. The van der Waals surface area contributed by atoms with Gasteiger partial charge in [0, 0.05) is 18.1 Å². The minimum atomic E-state index is -1.19. The van der Waals surface area contributed by atoms with Crippen molar-refractivity contribution in [3.63, 3.8) is 0 Å². The predicted octanol–water partition coefficient (Wildman–Crippen LogP) is 2.41. The first-order valence-corrected chi connectivity index (χ1v) is 8.34. The molecule has 6 heteroatoms. The maximum Gasteiger partial charge on any atom is 0.257 e. The number of nitrogens with one attached hydrogen (secondary N) is 2. The van der Waals surface area contributed by atoms with E-state index in [0.717, 1.165) is 11.1 Å². The van der Waals surface area contributed by atoms with E-state index in [2.05, 4.69) is 10.6 Å². The highest BCUT2D eigenvalue weighted by atomic mass is 16.4. The fraction of sp³-hybridized carbons (Fsp3) is 0.250. The Labute approximate surface area is 152 Å². The van der Waals surface area contributed by atoms with Gasteiger partial charge in [0.1, 0.15) is 0 Å². The largest absolute Gasteiger partial charge is 0.550 e. The Kier molecular flexibility index (Phi) is 6.49. The molecule has 0 heterocycles. The lowest BCUT2D eigenvalue weighted by Crippen LogP contribution is -2.22. The molecule has 0 unspecified atom stereocenters. The number of carbonyl (C=O) groups excluding carboxylic acids is 3. The van der Waals surface area contributed by atoms with Gasteiger partial charge in [0.15, 0.2) is 0 Å². The van der Waals surface area contributed by atoms with Crippen molar-refractivity contribution in [1.82, 2.24) is 0 Å². The molecule has 26 heavy (non-hydrogen) atoms. The van der Waals surface area contributed by atoms with Crippen molar-refractivity contribution in [1.29, 1.82) is 0 Å². The molecular formula is C20H21N2O4-. The summed E-state index contributed by atoms with van der Waals surface area (Å²) in [6.07, 6.45) is 0.0497. The van der Waals surface area contributed by atoms with E-state index >= 15 is 0 Å². The van der Waals surface area contributed by atoms with E-state index in [-0.39, 0.29) is 31.1 Å². The normalized spacial score (nSPS) is 10.2. The summed E-state index contributed by atoms with van der Waals surface area (Å²) in [7, 11) is 0. The number of amides is 2. The first kappa shape index (κ1) is 19.2. The molecule has 0 aliphatic heterocycles. The fourth-order valence-corrected chi connectivity index (χ4v) is 2.47. The van der Waals surface area contributed by atoms with Gasteiger partial charge >= 0.3 is 0 Å². The molecule has 0 bridgehead atoms. The van der Waals surface area contributed by atoms with Crippen LogP contribution in [-0.4, -0.2) is 17.8 Å². The highest BCUT2D eigenvalue weighted by Crippen LogP contribution is 2.21. The monoisotopic (exact) mass is 353 g/mol. The standard InChI is InChI=1S/C20H22N2O4/c1-13-7-5-10-16(14(13)2)22-20(26)15-8-3-4-9-17(15)21-18(23)11-6-12-19(24)25/h3-5,7-10H,6,11-12H2,1-2H3,(H,21,23)(H,22,26)(H,24,25)/p-1. The second-order valence-corrected chi connectivity index (χ2v) is 6.02. The number of aryl methyl sites for hydroxylation is 1. The quantitative estimate of drug-likeness (QED) is 0.798. The summed E-state index contributed by atoms with van der Waals surface area (Å²) in [5.74, 6) is -1.87. The van der Waals surface area contributed by atoms with Gasteiger partial charge < -0.3 is 20.5 Å². The average Bonchev–Trinajstić information content (AvgIpc) is 2.59. The number of aliphatic carboxylic acids is 1. The van der Waals surface area contributed by atoms with Gasteiger partial charge in [-0.1, -0.05) is 24.3 Å². The van der Waals surface area contributed by atoms with Crippen molar-refractivity contribution >= 4 is 29.2 Å². The number of rotatable bonds is 7. The minimum absolute atomic E-state index is 0.0426. The molecule has 0 saturated heterocycles. The van der Waals surface area contributed by atoms with E-state index in [0.29, 0.717) is 16.9 Å². The van der Waals surface area contributed by atoms with Gasteiger partial charge in [-0.05, 0) is 56.0 Å². The second-order valence-electron chi connectivity index (χ2n) is 6.02. The maximum atomic E-state index is 12.6. The van der Waals surface area contributed by atoms with Crippen LogP contribution in [0.5, 0.6) is 0 Å². The third-order valence-corrected chi connectivity index (χ3v) is 4.08. The van der Waals surface area contributed by atoms with Crippen molar-refractivity contribution in [2.24, 2.45) is 0 Å². The van der Waals surface area contributed by atoms with Crippen LogP contribution in [0.3, 0.4) is 0 Å². The molecule has 2 N–H and O–H groups in total. The van der Waals surface area contributed by atoms with Gasteiger partial charge in [-0.3, -0.25) is 9.59 Å². The van der Waals surface area contributed by atoms with Crippen molar-refractivity contribution in [2.75, 3.05) is 10.6 Å². The number of carboxylic acid groups (broad SMARTS) is 1. The van der Waals surface area contributed by atoms with E-state index in [1.807, 2.05) is 32.0 Å². The molecule has 2 aromatic carbocycles. The number of carbonyl (C=O) groups is 3. The van der Waals surface area contributed by atoms with Gasteiger partial charge in [0.25, 0.3) is 5.91 Å². The summed E-state index contributed by atoms with van der Waals surface area (Å²) >= 11 is 0. The van der Waals surface area contributed by atoms with E-state index in [1.54, 1.807) is 24.3 Å². The molecule has 0 aliphatic carbocycles. The van der Waals surface area contributed by atoms with Crippen molar-refractivity contribution in [3.8, 4) is 0 Å². The lowest BCUT2D eigenvalue weighted by molar-refractivity contribution is -0.305. The molecule has 2 aromatic rings. The van der Waals surface area contributed by atoms with Crippen LogP contribution in [0.15, 0.2) is 42.5 Å². The van der Waals surface area contributed by atoms with Crippen molar-refractivity contribution in [3.05, 3.63) is 59.2 Å². The zero-order valence-electron chi connectivity index (χ0n) is 14.8. The molecule has 0 atom stereocenters. The first-order chi connectivity index (χ1) is 12.4. The summed E-state index contributed by atoms with van der Waals surface area (Å²) in [5.41, 5.74) is 3.47. The van der Waals surface area contributed by atoms with E-state index in [4.69, 9.17) is 0 Å². The summed E-state index contributed by atoms with van der Waals surface area (Å²) in [6.45, 7) is 3.89. The molecular weight excluding hydrogens is 332 g/mol. The van der Waals surface area contributed by atoms with Crippen LogP contribution in [-0.2, 0) is 9.59 Å². The summed E-state index contributed by atoms with van der Waals surface area (Å²) in [6, 6.07) is 12.3. The first-order valence-electron chi connectivity index (χ1n) is 8.34. The van der Waals surface area contributed by atoms with Crippen molar-refractivity contribution in [2.45, 2.75) is 33.1 Å². The molecule has 0 fully saturated rings. The molecule has 0 spiro atoms. The molecule has 6 nitrogen and oxygen atoms in total. The summed E-state index contributed by atoms with van der Waals surface area (Å²) < 4.78 is 0. The van der Waals surface area contributed by atoms with Crippen LogP contribution < -0.4 is 15.7 Å². The topological polar surface area (TPSA) is 98.3 Å². The van der Waals surface area contributed by atoms with Crippen LogP contribution in [0, 0.1) is 13.8 Å².